The molecule has 12 heteroatoms. The molecule has 0 spiro atoms. The first-order chi connectivity index (χ1) is 16.2. The first-order valence-electron chi connectivity index (χ1n) is 10.6. The van der Waals surface area contributed by atoms with Gasteiger partial charge >= 0.3 is 6.18 Å². The van der Waals surface area contributed by atoms with Crippen LogP contribution >= 0.6 is 0 Å². The van der Waals surface area contributed by atoms with Gasteiger partial charge in [0.25, 0.3) is 0 Å². The topological polar surface area (TPSA) is 97.2 Å². The van der Waals surface area contributed by atoms with E-state index in [1.54, 1.807) is 35.0 Å². The van der Waals surface area contributed by atoms with Crippen LogP contribution in [-0.2, 0) is 22.8 Å². The molecule has 0 unspecified atom stereocenters. The molecular weight excluding hydrogens is 451 g/mol. The van der Waals surface area contributed by atoms with Crippen molar-refractivity contribution < 1.29 is 22.7 Å². The average molecular weight is 475 g/mol. The molecule has 2 N–H and O–H groups in total. The number of hydrogen-bond donors (Lipinski definition) is 2. The van der Waals surface area contributed by atoms with Crippen molar-refractivity contribution >= 4 is 39.8 Å². The number of rotatable bonds is 5. The molecule has 0 saturated carbocycles. The Balaban J connectivity index is 1.66. The fourth-order valence-corrected chi connectivity index (χ4v) is 3.82. The van der Waals surface area contributed by atoms with Crippen molar-refractivity contribution in [2.24, 2.45) is 7.05 Å². The van der Waals surface area contributed by atoms with Gasteiger partial charge in [-0.25, -0.2) is 4.98 Å². The molecule has 3 heterocycles. The number of fused-ring (bicyclic) bond motifs is 1. The van der Waals surface area contributed by atoms with Crippen molar-refractivity contribution in [2.75, 3.05) is 44.0 Å². The minimum Gasteiger partial charge on any atom is -0.378 e. The third-order valence-corrected chi connectivity index (χ3v) is 5.57. The number of benzene rings is 1. The molecule has 9 nitrogen and oxygen atoms in total. The lowest BCUT2D eigenvalue weighted by Gasteiger charge is -2.26. The van der Waals surface area contributed by atoms with Gasteiger partial charge in [-0.15, -0.1) is 0 Å². The van der Waals surface area contributed by atoms with Crippen LogP contribution in [0.4, 0.5) is 30.6 Å². The van der Waals surface area contributed by atoms with Gasteiger partial charge in [-0.2, -0.15) is 23.3 Å². The molecule has 1 aliphatic heterocycles. The highest BCUT2D eigenvalue weighted by molar-refractivity contribution is 6.03. The smallest absolute Gasteiger partial charge is 0.378 e. The summed E-state index contributed by atoms with van der Waals surface area (Å²) in [6, 6.07) is 3.59. The molecule has 1 saturated heterocycles. The van der Waals surface area contributed by atoms with Gasteiger partial charge in [-0.3, -0.25) is 9.48 Å². The summed E-state index contributed by atoms with van der Waals surface area (Å²) < 4.78 is 46.4. The Bertz CT molecular complexity index is 1250. The van der Waals surface area contributed by atoms with E-state index in [2.05, 4.69) is 25.7 Å². The zero-order chi connectivity index (χ0) is 24.5. The summed E-state index contributed by atoms with van der Waals surface area (Å²) in [4.78, 5) is 22.2. The number of hydrogen-bond acceptors (Lipinski definition) is 7. The van der Waals surface area contributed by atoms with Crippen LogP contribution in [0.5, 0.6) is 0 Å². The van der Waals surface area contributed by atoms with Gasteiger partial charge in [-0.1, -0.05) is 6.07 Å². The van der Waals surface area contributed by atoms with E-state index in [4.69, 9.17) is 4.74 Å². The molecule has 0 atom stereocenters. The van der Waals surface area contributed by atoms with Gasteiger partial charge < -0.3 is 20.3 Å². The highest BCUT2D eigenvalue weighted by Crippen LogP contribution is 2.35. The molecular formula is C22H24F3N7O2. The lowest BCUT2D eigenvalue weighted by atomic mass is 10.0. The molecule has 1 aromatic carbocycles. The number of halogens is 3. The molecule has 1 aliphatic rings. The number of allylic oxidation sites excluding steroid dienone is 1. The maximum absolute atomic E-state index is 13.1. The maximum Gasteiger partial charge on any atom is 0.421 e. The number of nitrogens with zero attached hydrogens (tertiary/aromatic N) is 5. The number of ether oxygens (including phenoxy) is 1. The standard InChI is InChI=1S/C22H24F3N7O2/c1-13(10-18(33)32-6-8-34-9-7-32)14-4-5-17(15-11-28-31(3)19(14)15)29-21-27-12-16(22(23,24)25)20(26-2)30-21/h4-5,10-12H,6-9H2,1-3H3,(H2,26,27,29,30)/b13-10+. The number of aromatic nitrogens is 4. The second-order valence-electron chi connectivity index (χ2n) is 7.78. The minimum atomic E-state index is -4.57. The van der Waals surface area contributed by atoms with E-state index >= 15 is 0 Å². The third kappa shape index (κ3) is 4.67. The van der Waals surface area contributed by atoms with Crippen molar-refractivity contribution in [2.45, 2.75) is 13.1 Å². The minimum absolute atomic E-state index is 0.00464. The van der Waals surface area contributed by atoms with Crippen LogP contribution in [0.15, 0.2) is 30.6 Å². The second-order valence-corrected chi connectivity index (χ2v) is 7.78. The number of morpholine rings is 1. The van der Waals surface area contributed by atoms with Gasteiger partial charge in [0, 0.05) is 50.4 Å². The summed E-state index contributed by atoms with van der Waals surface area (Å²) in [7, 11) is 3.14. The lowest BCUT2D eigenvalue weighted by Crippen LogP contribution is -2.39. The summed E-state index contributed by atoms with van der Waals surface area (Å²) in [5.41, 5.74) is 1.95. The molecule has 1 amide bonds. The summed E-state index contributed by atoms with van der Waals surface area (Å²) in [5, 5.41) is 10.5. The average Bonchev–Trinajstić information content (AvgIpc) is 3.21. The number of nitrogens with one attached hydrogen (secondary N) is 2. The van der Waals surface area contributed by atoms with E-state index < -0.39 is 11.7 Å². The number of carbonyl (C=O) groups is 1. The quantitative estimate of drug-likeness (QED) is 0.546. The fourth-order valence-electron chi connectivity index (χ4n) is 3.82. The Morgan fingerprint density at radius 1 is 1.21 bits per heavy atom. The van der Waals surface area contributed by atoms with E-state index in [1.807, 2.05) is 13.0 Å². The highest BCUT2D eigenvalue weighted by Gasteiger charge is 2.35. The van der Waals surface area contributed by atoms with E-state index in [0.717, 1.165) is 22.9 Å². The lowest BCUT2D eigenvalue weighted by molar-refractivity contribution is -0.137. The largest absolute Gasteiger partial charge is 0.421 e. The normalized spacial score (nSPS) is 15.0. The van der Waals surface area contributed by atoms with Crippen LogP contribution < -0.4 is 10.6 Å². The van der Waals surface area contributed by atoms with E-state index in [-0.39, 0.29) is 17.7 Å². The molecule has 180 valence electrons. The Kier molecular flexibility index (Phi) is 6.42. The Labute approximate surface area is 193 Å². The molecule has 0 aliphatic carbocycles. The zero-order valence-electron chi connectivity index (χ0n) is 18.9. The van der Waals surface area contributed by atoms with Gasteiger partial charge in [0.1, 0.15) is 11.4 Å². The SMILES string of the molecule is CNc1nc(Nc2ccc(/C(C)=C/C(=O)N3CCOCC3)c3c2cnn3C)ncc1C(F)(F)F. The summed E-state index contributed by atoms with van der Waals surface area (Å²) in [6.45, 7) is 3.99. The molecule has 4 rings (SSSR count). The Morgan fingerprint density at radius 2 is 1.94 bits per heavy atom. The van der Waals surface area contributed by atoms with E-state index in [9.17, 15) is 18.0 Å². The molecule has 3 aromatic rings. The van der Waals surface area contributed by atoms with Crippen molar-refractivity contribution in [1.29, 1.82) is 0 Å². The number of alkyl halides is 3. The van der Waals surface area contributed by atoms with Crippen molar-refractivity contribution in [3.05, 3.63) is 41.7 Å². The first-order valence-corrected chi connectivity index (χ1v) is 10.6. The highest BCUT2D eigenvalue weighted by atomic mass is 19.4. The maximum atomic E-state index is 13.1. The fraction of sp³-hybridized carbons (Fsp3) is 0.364. The van der Waals surface area contributed by atoms with Gasteiger partial charge in [0.05, 0.1) is 30.6 Å². The van der Waals surface area contributed by atoms with Gasteiger partial charge in [0.2, 0.25) is 11.9 Å². The molecule has 1 fully saturated rings. The molecule has 34 heavy (non-hydrogen) atoms. The molecule has 0 bridgehead atoms. The molecule has 2 aromatic heterocycles. The van der Waals surface area contributed by atoms with Crippen LogP contribution in [0.3, 0.4) is 0 Å². The number of anilines is 3. The first kappa shape index (κ1) is 23.5. The predicted octanol–water partition coefficient (Wildman–Crippen LogP) is 3.43. The third-order valence-electron chi connectivity index (χ3n) is 5.57. The molecule has 0 radical (unpaired) electrons. The summed E-state index contributed by atoms with van der Waals surface area (Å²) >= 11 is 0. The van der Waals surface area contributed by atoms with Crippen LogP contribution in [0.2, 0.25) is 0 Å². The predicted molar refractivity (Wildman–Crippen MR) is 122 cm³/mol. The van der Waals surface area contributed by atoms with E-state index in [0.29, 0.717) is 37.4 Å². The number of amides is 1. The second kappa shape index (κ2) is 9.29. The monoisotopic (exact) mass is 475 g/mol. The van der Waals surface area contributed by atoms with Crippen molar-refractivity contribution in [1.82, 2.24) is 24.6 Å². The summed E-state index contributed by atoms with van der Waals surface area (Å²) in [6.07, 6.45) is -0.600. The van der Waals surface area contributed by atoms with Crippen molar-refractivity contribution in [3.63, 3.8) is 0 Å². The van der Waals surface area contributed by atoms with Crippen LogP contribution in [0, 0.1) is 0 Å². The Hall–Kier alpha value is -3.67. The summed E-state index contributed by atoms with van der Waals surface area (Å²) in [5.74, 6) is -0.412. The Morgan fingerprint density at radius 3 is 2.62 bits per heavy atom. The van der Waals surface area contributed by atoms with Crippen LogP contribution in [0.25, 0.3) is 16.5 Å². The van der Waals surface area contributed by atoms with Crippen LogP contribution in [0.1, 0.15) is 18.1 Å². The van der Waals surface area contributed by atoms with Gasteiger partial charge in [0.15, 0.2) is 0 Å². The van der Waals surface area contributed by atoms with Crippen molar-refractivity contribution in [3.8, 4) is 0 Å². The van der Waals surface area contributed by atoms with Crippen LogP contribution in [-0.4, -0.2) is 63.9 Å². The number of carbonyl (C=O) groups excluding carboxylic acids is 1. The number of aryl methyl sites for hydroxylation is 1. The van der Waals surface area contributed by atoms with E-state index in [1.165, 1.54) is 7.05 Å². The van der Waals surface area contributed by atoms with Gasteiger partial charge in [-0.05, 0) is 18.6 Å². The zero-order valence-corrected chi connectivity index (χ0v) is 18.9.